The van der Waals surface area contributed by atoms with Crippen LogP contribution in [0.25, 0.3) is 11.0 Å². The third kappa shape index (κ3) is 1.84. The van der Waals surface area contributed by atoms with E-state index in [0.29, 0.717) is 17.9 Å². The molecule has 84 valence electrons. The van der Waals surface area contributed by atoms with E-state index in [2.05, 4.69) is 20.1 Å². The fraction of sp³-hybridized carbons (Fsp3) is 0.0909. The summed E-state index contributed by atoms with van der Waals surface area (Å²) in [5.74, 6) is -0.492. The van der Waals surface area contributed by atoms with Crippen molar-refractivity contribution in [3.05, 3.63) is 48.6 Å². The van der Waals surface area contributed by atoms with Crippen LogP contribution in [0, 0.1) is 5.95 Å². The van der Waals surface area contributed by atoms with Crippen LogP contribution in [0.2, 0.25) is 0 Å². The topological polar surface area (TPSA) is 56.5 Å². The zero-order valence-corrected chi connectivity index (χ0v) is 8.79. The lowest BCUT2D eigenvalue weighted by Crippen LogP contribution is -2.04. The molecule has 0 radical (unpaired) electrons. The molecule has 3 aromatic rings. The highest BCUT2D eigenvalue weighted by Crippen LogP contribution is 2.10. The first kappa shape index (κ1) is 9.83. The second kappa shape index (κ2) is 3.89. The molecule has 0 saturated heterocycles. The smallest absolute Gasteiger partial charge is 0.213 e. The summed E-state index contributed by atoms with van der Waals surface area (Å²) in [7, 11) is 0. The van der Waals surface area contributed by atoms with Gasteiger partial charge in [0.1, 0.15) is 6.33 Å². The summed E-state index contributed by atoms with van der Waals surface area (Å²) in [6.45, 7) is 0.387. The van der Waals surface area contributed by atoms with Crippen LogP contribution in [0.3, 0.4) is 0 Å². The number of pyridine rings is 1. The van der Waals surface area contributed by atoms with E-state index >= 15 is 0 Å². The van der Waals surface area contributed by atoms with Crippen molar-refractivity contribution in [3.63, 3.8) is 0 Å². The quantitative estimate of drug-likeness (QED) is 0.623. The van der Waals surface area contributed by atoms with E-state index in [1.165, 1.54) is 12.4 Å². The van der Waals surface area contributed by atoms with Gasteiger partial charge in [-0.3, -0.25) is 0 Å². The van der Waals surface area contributed by atoms with Crippen LogP contribution in [0.5, 0.6) is 0 Å². The monoisotopic (exact) mass is 229 g/mol. The molecule has 0 bridgehead atoms. The van der Waals surface area contributed by atoms with Crippen LogP contribution in [0.4, 0.5) is 4.39 Å². The van der Waals surface area contributed by atoms with E-state index in [-0.39, 0.29) is 0 Å². The molecule has 5 nitrogen and oxygen atoms in total. The van der Waals surface area contributed by atoms with Gasteiger partial charge in [0.2, 0.25) is 5.95 Å². The van der Waals surface area contributed by atoms with Gasteiger partial charge in [0, 0.05) is 6.20 Å². The first-order valence-electron chi connectivity index (χ1n) is 5.06. The average molecular weight is 229 g/mol. The number of nitrogens with zero attached hydrogens (tertiary/aromatic N) is 5. The van der Waals surface area contributed by atoms with E-state index in [1.54, 1.807) is 29.2 Å². The molecule has 6 heteroatoms. The summed E-state index contributed by atoms with van der Waals surface area (Å²) in [5, 5.41) is 5.02. The summed E-state index contributed by atoms with van der Waals surface area (Å²) in [5.41, 5.74) is 1.32. The third-order valence-electron chi connectivity index (χ3n) is 2.38. The molecule has 3 rings (SSSR count). The molecule has 3 aromatic heterocycles. The van der Waals surface area contributed by atoms with Gasteiger partial charge in [0.25, 0.3) is 0 Å². The summed E-state index contributed by atoms with van der Waals surface area (Å²) < 4.78 is 14.6. The molecule has 0 unspecified atom stereocenters. The summed E-state index contributed by atoms with van der Waals surface area (Å²) in [4.78, 5) is 11.8. The average Bonchev–Trinajstić information content (AvgIpc) is 2.73. The standard InChI is InChI=1S/C11H8FN5/c12-10-3-1-2-9(16-10)6-17-11-8(5-15-17)4-13-7-14-11/h1-5,7H,6H2. The molecule has 0 atom stereocenters. The summed E-state index contributed by atoms with van der Waals surface area (Å²) in [6, 6.07) is 4.68. The van der Waals surface area contributed by atoms with Crippen molar-refractivity contribution in [1.82, 2.24) is 24.7 Å². The molecule has 0 amide bonds. The number of halogens is 1. The Balaban J connectivity index is 2.00. The van der Waals surface area contributed by atoms with Gasteiger partial charge < -0.3 is 0 Å². The Kier molecular flexibility index (Phi) is 2.25. The number of hydrogen-bond donors (Lipinski definition) is 0. The normalized spacial score (nSPS) is 10.9. The lowest BCUT2D eigenvalue weighted by molar-refractivity contribution is 0.568. The maximum atomic E-state index is 12.9. The zero-order chi connectivity index (χ0) is 11.7. The minimum Gasteiger partial charge on any atom is -0.244 e. The van der Waals surface area contributed by atoms with Crippen molar-refractivity contribution in [1.29, 1.82) is 0 Å². The Hall–Kier alpha value is -2.37. The number of hydrogen-bond acceptors (Lipinski definition) is 4. The molecule has 17 heavy (non-hydrogen) atoms. The molecule has 0 saturated carbocycles. The van der Waals surface area contributed by atoms with Crippen molar-refractivity contribution in [2.24, 2.45) is 0 Å². The van der Waals surface area contributed by atoms with Gasteiger partial charge in [-0.25, -0.2) is 19.6 Å². The minimum absolute atomic E-state index is 0.387. The summed E-state index contributed by atoms with van der Waals surface area (Å²) in [6.07, 6.45) is 4.82. The highest BCUT2D eigenvalue weighted by atomic mass is 19.1. The SMILES string of the molecule is Fc1cccc(Cn2ncc3cncnc32)n1. The Morgan fingerprint density at radius 3 is 3.06 bits per heavy atom. The van der Waals surface area contributed by atoms with Crippen molar-refractivity contribution in [2.75, 3.05) is 0 Å². The molecule has 0 aromatic carbocycles. The zero-order valence-electron chi connectivity index (χ0n) is 8.79. The van der Waals surface area contributed by atoms with Crippen molar-refractivity contribution < 1.29 is 4.39 Å². The van der Waals surface area contributed by atoms with Gasteiger partial charge in [-0.05, 0) is 12.1 Å². The molecular formula is C11H8FN5. The molecule has 0 aliphatic heterocycles. The maximum Gasteiger partial charge on any atom is 0.213 e. The molecule has 0 aliphatic carbocycles. The van der Waals surface area contributed by atoms with Crippen LogP contribution >= 0.6 is 0 Å². The maximum absolute atomic E-state index is 12.9. The molecule has 0 fully saturated rings. The Morgan fingerprint density at radius 2 is 2.18 bits per heavy atom. The Labute approximate surface area is 96.0 Å². The fourth-order valence-corrected chi connectivity index (χ4v) is 1.63. The van der Waals surface area contributed by atoms with Gasteiger partial charge in [0.15, 0.2) is 5.65 Å². The van der Waals surface area contributed by atoms with Gasteiger partial charge in [-0.2, -0.15) is 9.49 Å². The fourth-order valence-electron chi connectivity index (χ4n) is 1.63. The van der Waals surface area contributed by atoms with Crippen LogP contribution in [-0.4, -0.2) is 24.7 Å². The highest BCUT2D eigenvalue weighted by molar-refractivity contribution is 5.72. The molecule has 0 aliphatic rings. The number of aromatic nitrogens is 5. The van der Waals surface area contributed by atoms with Crippen LogP contribution in [0.15, 0.2) is 36.9 Å². The lowest BCUT2D eigenvalue weighted by Gasteiger charge is -2.01. The van der Waals surface area contributed by atoms with E-state index in [9.17, 15) is 4.39 Å². The first-order chi connectivity index (χ1) is 8.33. The van der Waals surface area contributed by atoms with Crippen LogP contribution < -0.4 is 0 Å². The van der Waals surface area contributed by atoms with E-state index in [0.717, 1.165) is 5.39 Å². The largest absolute Gasteiger partial charge is 0.244 e. The lowest BCUT2D eigenvalue weighted by atomic mass is 10.3. The minimum atomic E-state index is -0.492. The van der Waals surface area contributed by atoms with Crippen molar-refractivity contribution in [3.8, 4) is 0 Å². The molecular weight excluding hydrogens is 221 g/mol. The number of rotatable bonds is 2. The van der Waals surface area contributed by atoms with Gasteiger partial charge in [0.05, 0.1) is 23.8 Å². The number of fused-ring (bicyclic) bond motifs is 1. The second-order valence-corrected chi connectivity index (χ2v) is 3.56. The van der Waals surface area contributed by atoms with Gasteiger partial charge >= 0.3 is 0 Å². The van der Waals surface area contributed by atoms with E-state index in [4.69, 9.17) is 0 Å². The highest BCUT2D eigenvalue weighted by Gasteiger charge is 2.05. The van der Waals surface area contributed by atoms with Crippen LogP contribution in [-0.2, 0) is 6.54 Å². The Bertz CT molecular complexity index is 664. The van der Waals surface area contributed by atoms with Crippen molar-refractivity contribution in [2.45, 2.75) is 6.54 Å². The molecule has 3 heterocycles. The summed E-state index contributed by atoms with van der Waals surface area (Å²) >= 11 is 0. The van der Waals surface area contributed by atoms with E-state index in [1.807, 2.05) is 0 Å². The van der Waals surface area contributed by atoms with Gasteiger partial charge in [-0.15, -0.1) is 0 Å². The second-order valence-electron chi connectivity index (χ2n) is 3.56. The van der Waals surface area contributed by atoms with E-state index < -0.39 is 5.95 Å². The first-order valence-corrected chi connectivity index (χ1v) is 5.06. The van der Waals surface area contributed by atoms with Crippen LogP contribution in [0.1, 0.15) is 5.69 Å². The molecule has 0 N–H and O–H groups in total. The van der Waals surface area contributed by atoms with Gasteiger partial charge in [-0.1, -0.05) is 6.07 Å². The predicted molar refractivity (Wildman–Crippen MR) is 58.6 cm³/mol. The Morgan fingerprint density at radius 1 is 1.24 bits per heavy atom. The van der Waals surface area contributed by atoms with Crippen molar-refractivity contribution >= 4 is 11.0 Å². The third-order valence-corrected chi connectivity index (χ3v) is 2.38. The molecule has 0 spiro atoms. The predicted octanol–water partition coefficient (Wildman–Crippen LogP) is 1.41.